The van der Waals surface area contributed by atoms with Gasteiger partial charge in [0.25, 0.3) is 0 Å². The molecule has 1 aliphatic carbocycles. The van der Waals surface area contributed by atoms with E-state index in [4.69, 9.17) is 16.3 Å². The first-order chi connectivity index (χ1) is 11.6. The minimum atomic E-state index is -5.82. The molecule has 25 heavy (non-hydrogen) atoms. The van der Waals surface area contributed by atoms with Crippen LogP contribution in [0.15, 0.2) is 12.1 Å². The lowest BCUT2D eigenvalue weighted by Crippen LogP contribution is -2.25. The summed E-state index contributed by atoms with van der Waals surface area (Å²) in [6.07, 6.45) is 2.46. The van der Waals surface area contributed by atoms with Gasteiger partial charge in [-0.05, 0) is 37.0 Å². The number of ether oxygens (including phenoxy) is 1. The number of fused-ring (bicyclic) bond motifs is 1. The Balaban J connectivity index is 2.52. The Hall–Kier alpha value is -1.92. The van der Waals surface area contributed by atoms with Gasteiger partial charge in [-0.2, -0.15) is 26.9 Å². The molecular formula is C15H13ClF3NO4S. The highest BCUT2D eigenvalue weighted by Crippen LogP contribution is 2.41. The molecule has 0 amide bonds. The largest absolute Gasteiger partial charge is 0.534 e. The van der Waals surface area contributed by atoms with Gasteiger partial charge in [-0.3, -0.25) is 0 Å². The van der Waals surface area contributed by atoms with Crippen LogP contribution in [-0.2, 0) is 20.7 Å². The average molecular weight is 396 g/mol. The summed E-state index contributed by atoms with van der Waals surface area (Å²) >= 11 is 6.24. The molecule has 0 fully saturated rings. The smallest absolute Gasteiger partial charge is 0.491 e. The Morgan fingerprint density at radius 1 is 1.40 bits per heavy atom. The molecule has 136 valence electrons. The lowest BCUT2D eigenvalue weighted by atomic mass is 9.93. The number of alkyl halides is 3. The topological polar surface area (TPSA) is 76.4 Å². The summed E-state index contributed by atoms with van der Waals surface area (Å²) in [6, 6.07) is 3.07. The van der Waals surface area contributed by atoms with Crippen LogP contribution in [0.2, 0.25) is 5.02 Å². The fraction of sp³-hybridized carbons (Fsp3) is 0.400. The second kappa shape index (κ2) is 7.14. The van der Waals surface area contributed by atoms with Gasteiger partial charge in [-0.25, -0.2) is 0 Å². The summed E-state index contributed by atoms with van der Waals surface area (Å²) in [4.78, 5) is 0. The third-order valence-corrected chi connectivity index (χ3v) is 4.73. The van der Waals surface area contributed by atoms with E-state index in [1.165, 1.54) is 12.1 Å². The lowest BCUT2D eigenvalue weighted by Gasteiger charge is -2.22. The maximum absolute atomic E-state index is 12.6. The van der Waals surface area contributed by atoms with Crippen molar-refractivity contribution in [2.45, 2.75) is 31.7 Å². The molecule has 0 N–H and O–H groups in total. The molecule has 0 saturated carbocycles. The van der Waals surface area contributed by atoms with Gasteiger partial charge in [0.05, 0.1) is 17.2 Å². The standard InChI is InChI=1S/C15H13ClF3NO4S/c1-2-6-23-14-9(8-20)7-11-10(13(14)16)4-3-5-12(11)24-25(21,22)15(17,18)19/h5,7H,2-4,6H2,1H3. The van der Waals surface area contributed by atoms with Gasteiger partial charge in [0.1, 0.15) is 11.8 Å². The van der Waals surface area contributed by atoms with E-state index in [1.807, 2.05) is 13.0 Å². The van der Waals surface area contributed by atoms with Gasteiger partial charge < -0.3 is 8.92 Å². The fourth-order valence-electron chi connectivity index (χ4n) is 2.26. The van der Waals surface area contributed by atoms with Crippen molar-refractivity contribution in [2.24, 2.45) is 0 Å². The summed E-state index contributed by atoms with van der Waals surface area (Å²) in [6.45, 7) is 2.16. The monoisotopic (exact) mass is 395 g/mol. The van der Waals surface area contributed by atoms with Gasteiger partial charge in [0.15, 0.2) is 5.75 Å². The van der Waals surface area contributed by atoms with Gasteiger partial charge in [-0.1, -0.05) is 18.5 Å². The molecule has 0 saturated heterocycles. The van der Waals surface area contributed by atoms with E-state index in [1.54, 1.807) is 0 Å². The first kappa shape index (κ1) is 19.4. The Morgan fingerprint density at radius 2 is 2.08 bits per heavy atom. The van der Waals surface area contributed by atoms with Crippen molar-refractivity contribution in [3.63, 3.8) is 0 Å². The van der Waals surface area contributed by atoms with Crippen molar-refractivity contribution < 1.29 is 30.5 Å². The first-order valence-corrected chi connectivity index (χ1v) is 9.00. The average Bonchev–Trinajstić information content (AvgIpc) is 2.53. The molecule has 2 rings (SSSR count). The zero-order chi connectivity index (χ0) is 18.8. The fourth-order valence-corrected chi connectivity index (χ4v) is 3.11. The van der Waals surface area contributed by atoms with Crippen LogP contribution >= 0.6 is 11.6 Å². The summed E-state index contributed by atoms with van der Waals surface area (Å²) in [5.74, 6) is -0.372. The van der Waals surface area contributed by atoms with E-state index in [9.17, 15) is 26.9 Å². The van der Waals surface area contributed by atoms with Crippen LogP contribution < -0.4 is 4.74 Å². The second-order valence-electron chi connectivity index (χ2n) is 5.14. The summed E-state index contributed by atoms with van der Waals surface area (Å²) in [5, 5.41) is 9.32. The van der Waals surface area contributed by atoms with E-state index < -0.39 is 21.4 Å². The molecule has 0 aromatic heterocycles. The molecule has 0 heterocycles. The molecular weight excluding hydrogens is 383 g/mol. The third kappa shape index (κ3) is 3.85. The third-order valence-electron chi connectivity index (χ3n) is 3.37. The quantitative estimate of drug-likeness (QED) is 0.553. The molecule has 1 aliphatic rings. The van der Waals surface area contributed by atoms with E-state index in [-0.39, 0.29) is 28.3 Å². The maximum Gasteiger partial charge on any atom is 0.534 e. The zero-order valence-corrected chi connectivity index (χ0v) is 14.6. The van der Waals surface area contributed by atoms with E-state index >= 15 is 0 Å². The molecule has 5 nitrogen and oxygen atoms in total. The van der Waals surface area contributed by atoms with Gasteiger partial charge in [-0.15, -0.1) is 0 Å². The number of rotatable bonds is 5. The molecule has 1 aromatic rings. The predicted molar refractivity (Wildman–Crippen MR) is 84.3 cm³/mol. The van der Waals surface area contributed by atoms with Crippen molar-refractivity contribution in [2.75, 3.05) is 6.61 Å². The van der Waals surface area contributed by atoms with Crippen LogP contribution in [0.4, 0.5) is 13.2 Å². The number of benzene rings is 1. The van der Waals surface area contributed by atoms with Crippen LogP contribution in [0, 0.1) is 11.3 Å². The number of hydrogen-bond acceptors (Lipinski definition) is 5. The predicted octanol–water partition coefficient (Wildman–Crippen LogP) is 4.15. The van der Waals surface area contributed by atoms with Crippen LogP contribution in [0.1, 0.15) is 36.5 Å². The molecule has 0 atom stereocenters. The number of hydrogen-bond donors (Lipinski definition) is 0. The van der Waals surface area contributed by atoms with Crippen molar-refractivity contribution in [1.82, 2.24) is 0 Å². The summed E-state index contributed by atoms with van der Waals surface area (Å²) in [7, 11) is -5.82. The van der Waals surface area contributed by atoms with E-state index in [2.05, 4.69) is 4.18 Å². The summed E-state index contributed by atoms with van der Waals surface area (Å²) in [5.41, 5.74) is -5.17. The Morgan fingerprint density at radius 3 is 2.64 bits per heavy atom. The van der Waals surface area contributed by atoms with Crippen molar-refractivity contribution in [1.29, 1.82) is 5.26 Å². The highest BCUT2D eigenvalue weighted by atomic mass is 35.5. The SMILES string of the molecule is CCCOc1c(C#N)cc2c(c1Cl)CCC=C2OS(=O)(=O)C(F)(F)F. The van der Waals surface area contributed by atoms with Crippen molar-refractivity contribution in [3.8, 4) is 11.8 Å². The zero-order valence-electron chi connectivity index (χ0n) is 13.0. The van der Waals surface area contributed by atoms with Gasteiger partial charge >= 0.3 is 15.6 Å². The van der Waals surface area contributed by atoms with Gasteiger partial charge in [0, 0.05) is 5.56 Å². The Bertz CT molecular complexity index is 857. The molecule has 0 bridgehead atoms. The molecule has 0 radical (unpaired) electrons. The number of nitriles is 1. The minimum absolute atomic E-state index is 0.0157. The molecule has 1 aromatic carbocycles. The van der Waals surface area contributed by atoms with Gasteiger partial charge in [0.2, 0.25) is 0 Å². The highest BCUT2D eigenvalue weighted by molar-refractivity contribution is 7.87. The molecule has 0 spiro atoms. The minimum Gasteiger partial charge on any atom is -0.491 e. The number of nitrogens with zero attached hydrogens (tertiary/aromatic N) is 1. The van der Waals surface area contributed by atoms with Crippen LogP contribution in [-0.4, -0.2) is 20.5 Å². The first-order valence-electron chi connectivity index (χ1n) is 7.22. The van der Waals surface area contributed by atoms with Crippen LogP contribution in [0.3, 0.4) is 0 Å². The number of allylic oxidation sites excluding steroid dienone is 1. The molecule has 0 unspecified atom stereocenters. The van der Waals surface area contributed by atoms with E-state index in [0.717, 1.165) is 0 Å². The summed E-state index contributed by atoms with van der Waals surface area (Å²) < 4.78 is 69.9. The maximum atomic E-state index is 12.6. The van der Waals surface area contributed by atoms with Crippen molar-refractivity contribution in [3.05, 3.63) is 33.9 Å². The Labute approximate surface area is 147 Å². The van der Waals surface area contributed by atoms with Crippen LogP contribution in [0.5, 0.6) is 5.75 Å². The second-order valence-corrected chi connectivity index (χ2v) is 7.06. The molecule has 0 aliphatic heterocycles. The normalized spacial score (nSPS) is 14.3. The Kier molecular flexibility index (Phi) is 5.54. The van der Waals surface area contributed by atoms with E-state index in [0.29, 0.717) is 25.0 Å². The molecule has 10 heteroatoms. The van der Waals surface area contributed by atoms with Crippen LogP contribution in [0.25, 0.3) is 5.76 Å². The highest BCUT2D eigenvalue weighted by Gasteiger charge is 2.49. The lowest BCUT2D eigenvalue weighted by molar-refractivity contribution is -0.0509. The number of halogens is 4. The van der Waals surface area contributed by atoms with Crippen molar-refractivity contribution >= 4 is 27.5 Å².